The number of ether oxygens (including phenoxy) is 2. The average molecular weight is 413 g/mol. The SMILES string of the molecule is CC#Cc1nc(C(=O)NC(COC)c2ccc(OC(F)(F)F)c(F)c2)cc(=O)[nH]1. The predicted molar refractivity (Wildman–Crippen MR) is 92.6 cm³/mol. The van der Waals surface area contributed by atoms with Gasteiger partial charge in [-0.3, -0.25) is 14.6 Å². The number of hydrogen-bond acceptors (Lipinski definition) is 5. The molecule has 0 saturated heterocycles. The van der Waals surface area contributed by atoms with Crippen LogP contribution in [0.15, 0.2) is 29.1 Å². The van der Waals surface area contributed by atoms with E-state index in [0.29, 0.717) is 0 Å². The minimum atomic E-state index is -5.05. The number of methoxy groups -OCH3 is 1. The van der Waals surface area contributed by atoms with Crippen LogP contribution < -0.4 is 15.6 Å². The standard InChI is InChI=1S/C18H15F4N3O4/c1-3-4-15-23-12(8-16(26)25-15)17(27)24-13(9-28-2)10-5-6-14(11(19)7-10)29-18(20,21)22/h5-8,13H,9H2,1-2H3,(H,24,27)(H,23,25,26). The van der Waals surface area contributed by atoms with Crippen molar-refractivity contribution in [2.75, 3.05) is 13.7 Å². The molecule has 1 aromatic heterocycles. The summed E-state index contributed by atoms with van der Waals surface area (Å²) in [4.78, 5) is 30.3. The van der Waals surface area contributed by atoms with Crippen LogP contribution in [0, 0.1) is 17.7 Å². The summed E-state index contributed by atoms with van der Waals surface area (Å²) in [7, 11) is 1.32. The molecule has 0 aliphatic heterocycles. The second kappa shape index (κ2) is 9.20. The van der Waals surface area contributed by atoms with E-state index in [4.69, 9.17) is 4.74 Å². The van der Waals surface area contributed by atoms with E-state index in [-0.39, 0.29) is 23.7 Å². The van der Waals surface area contributed by atoms with Gasteiger partial charge in [0, 0.05) is 13.2 Å². The van der Waals surface area contributed by atoms with Gasteiger partial charge in [-0.2, -0.15) is 0 Å². The van der Waals surface area contributed by atoms with Crippen LogP contribution >= 0.6 is 0 Å². The lowest BCUT2D eigenvalue weighted by Gasteiger charge is -2.19. The van der Waals surface area contributed by atoms with Crippen LogP contribution in [0.4, 0.5) is 17.6 Å². The first kappa shape index (κ1) is 21.9. The Balaban J connectivity index is 2.28. The molecule has 1 amide bonds. The fourth-order valence-corrected chi connectivity index (χ4v) is 2.31. The Hall–Kier alpha value is -3.39. The number of aromatic nitrogens is 2. The molecule has 0 aliphatic rings. The molecule has 2 rings (SSSR count). The van der Waals surface area contributed by atoms with E-state index in [1.54, 1.807) is 0 Å². The molecule has 0 fully saturated rings. The zero-order valence-electron chi connectivity index (χ0n) is 15.2. The first-order valence-electron chi connectivity index (χ1n) is 8.02. The van der Waals surface area contributed by atoms with Crippen molar-refractivity contribution in [2.45, 2.75) is 19.3 Å². The topological polar surface area (TPSA) is 93.3 Å². The number of alkyl halides is 3. The molecule has 2 N–H and O–H groups in total. The number of halogens is 4. The maximum atomic E-state index is 14.0. The van der Waals surface area contributed by atoms with Crippen molar-refractivity contribution in [2.24, 2.45) is 0 Å². The zero-order valence-corrected chi connectivity index (χ0v) is 15.2. The smallest absolute Gasteiger partial charge is 0.403 e. The average Bonchev–Trinajstić information content (AvgIpc) is 2.61. The van der Waals surface area contributed by atoms with Crippen molar-refractivity contribution in [3.8, 4) is 17.6 Å². The van der Waals surface area contributed by atoms with Gasteiger partial charge >= 0.3 is 6.36 Å². The van der Waals surface area contributed by atoms with E-state index < -0.39 is 35.4 Å². The molecule has 0 aliphatic carbocycles. The summed E-state index contributed by atoms with van der Waals surface area (Å²) in [5.74, 6) is 1.94. The van der Waals surface area contributed by atoms with Crippen molar-refractivity contribution >= 4 is 5.91 Å². The van der Waals surface area contributed by atoms with E-state index in [2.05, 4.69) is 31.9 Å². The second-order valence-electron chi connectivity index (χ2n) is 5.57. The number of carbonyl (C=O) groups is 1. The largest absolute Gasteiger partial charge is 0.573 e. The van der Waals surface area contributed by atoms with Crippen molar-refractivity contribution in [3.63, 3.8) is 0 Å². The molecule has 1 atom stereocenters. The Morgan fingerprint density at radius 2 is 2.07 bits per heavy atom. The molecule has 7 nitrogen and oxygen atoms in total. The highest BCUT2D eigenvalue weighted by Crippen LogP contribution is 2.28. The Labute approximate surface area is 162 Å². The zero-order chi connectivity index (χ0) is 21.6. The Morgan fingerprint density at radius 3 is 2.66 bits per heavy atom. The van der Waals surface area contributed by atoms with Crippen LogP contribution in [0.25, 0.3) is 0 Å². The van der Waals surface area contributed by atoms with Crippen LogP contribution in [-0.4, -0.2) is 36.0 Å². The van der Waals surface area contributed by atoms with Gasteiger partial charge in [0.25, 0.3) is 11.5 Å². The van der Waals surface area contributed by atoms with Crippen LogP contribution in [0.5, 0.6) is 5.75 Å². The second-order valence-corrected chi connectivity index (χ2v) is 5.57. The van der Waals surface area contributed by atoms with Crippen LogP contribution in [-0.2, 0) is 4.74 Å². The number of amides is 1. The summed E-state index contributed by atoms with van der Waals surface area (Å²) >= 11 is 0. The maximum absolute atomic E-state index is 14.0. The number of benzene rings is 1. The Morgan fingerprint density at radius 1 is 1.34 bits per heavy atom. The van der Waals surface area contributed by atoms with Crippen LogP contribution in [0.1, 0.15) is 34.8 Å². The van der Waals surface area contributed by atoms with Crippen molar-refractivity contribution < 1.29 is 31.8 Å². The Kier molecular flexibility index (Phi) is 6.95. The number of nitrogens with one attached hydrogen (secondary N) is 2. The molecule has 1 heterocycles. The molecule has 29 heavy (non-hydrogen) atoms. The number of hydrogen-bond donors (Lipinski definition) is 2. The third kappa shape index (κ3) is 6.32. The fourth-order valence-electron chi connectivity index (χ4n) is 2.31. The van der Waals surface area contributed by atoms with Gasteiger partial charge in [0.15, 0.2) is 17.4 Å². The highest BCUT2D eigenvalue weighted by atomic mass is 19.4. The number of rotatable bonds is 6. The first-order chi connectivity index (χ1) is 13.6. The fraction of sp³-hybridized carbons (Fsp3) is 0.278. The van der Waals surface area contributed by atoms with E-state index in [1.165, 1.54) is 14.0 Å². The highest BCUT2D eigenvalue weighted by Gasteiger charge is 2.32. The van der Waals surface area contributed by atoms with Gasteiger partial charge < -0.3 is 14.8 Å². The lowest BCUT2D eigenvalue weighted by atomic mass is 10.1. The molecule has 0 saturated carbocycles. The normalized spacial score (nSPS) is 11.9. The van der Waals surface area contributed by atoms with Gasteiger partial charge in [-0.25, -0.2) is 9.37 Å². The third-order valence-electron chi connectivity index (χ3n) is 3.44. The van der Waals surface area contributed by atoms with Gasteiger partial charge in [0.2, 0.25) is 0 Å². The van der Waals surface area contributed by atoms with E-state index in [0.717, 1.165) is 24.3 Å². The van der Waals surface area contributed by atoms with Crippen molar-refractivity contribution in [1.82, 2.24) is 15.3 Å². The molecule has 0 bridgehead atoms. The highest BCUT2D eigenvalue weighted by molar-refractivity contribution is 5.92. The lowest BCUT2D eigenvalue weighted by molar-refractivity contribution is -0.275. The predicted octanol–water partition coefficient (Wildman–Crippen LogP) is 2.30. The van der Waals surface area contributed by atoms with Gasteiger partial charge in [-0.05, 0) is 30.5 Å². The molecule has 0 spiro atoms. The lowest BCUT2D eigenvalue weighted by Crippen LogP contribution is -2.33. The summed E-state index contributed by atoms with van der Waals surface area (Å²) in [5, 5.41) is 2.48. The van der Waals surface area contributed by atoms with Crippen LogP contribution in [0.2, 0.25) is 0 Å². The summed E-state index contributed by atoms with van der Waals surface area (Å²) in [6.45, 7) is 1.39. The number of H-pyrrole nitrogens is 1. The van der Waals surface area contributed by atoms with Gasteiger partial charge in [-0.15, -0.1) is 13.2 Å². The first-order valence-corrected chi connectivity index (χ1v) is 8.02. The monoisotopic (exact) mass is 413 g/mol. The van der Waals surface area contributed by atoms with Crippen molar-refractivity contribution in [1.29, 1.82) is 0 Å². The molecular weight excluding hydrogens is 398 g/mol. The van der Waals surface area contributed by atoms with Gasteiger partial charge in [-0.1, -0.05) is 12.0 Å². The number of nitrogens with zero attached hydrogens (tertiary/aromatic N) is 1. The van der Waals surface area contributed by atoms with E-state index in [9.17, 15) is 27.2 Å². The van der Waals surface area contributed by atoms with Crippen molar-refractivity contribution in [3.05, 3.63) is 57.5 Å². The number of carbonyl (C=O) groups excluding carboxylic acids is 1. The molecular formula is C18H15F4N3O4. The molecule has 11 heteroatoms. The van der Waals surface area contributed by atoms with Gasteiger partial charge in [0.05, 0.1) is 12.6 Å². The van der Waals surface area contributed by atoms with Gasteiger partial charge in [0.1, 0.15) is 5.69 Å². The molecule has 0 radical (unpaired) electrons. The summed E-state index contributed by atoms with van der Waals surface area (Å²) in [5.41, 5.74) is -0.735. The summed E-state index contributed by atoms with van der Waals surface area (Å²) in [6, 6.07) is 2.72. The summed E-state index contributed by atoms with van der Waals surface area (Å²) < 4.78 is 59.3. The summed E-state index contributed by atoms with van der Waals surface area (Å²) in [6.07, 6.45) is -5.05. The van der Waals surface area contributed by atoms with E-state index in [1.807, 2.05) is 0 Å². The Bertz CT molecular complexity index is 1010. The number of aromatic amines is 1. The quantitative estimate of drug-likeness (QED) is 0.560. The molecule has 154 valence electrons. The molecule has 1 unspecified atom stereocenters. The van der Waals surface area contributed by atoms with Crippen LogP contribution in [0.3, 0.4) is 0 Å². The molecule has 1 aromatic carbocycles. The third-order valence-corrected chi connectivity index (χ3v) is 3.44. The molecule has 2 aromatic rings. The minimum absolute atomic E-state index is 0.0202. The minimum Gasteiger partial charge on any atom is -0.403 e. The van der Waals surface area contributed by atoms with E-state index >= 15 is 0 Å². The maximum Gasteiger partial charge on any atom is 0.573 e.